The molecule has 1 N–H and O–H groups in total. The molecule has 1 saturated heterocycles. The van der Waals surface area contributed by atoms with Gasteiger partial charge in [0, 0.05) is 27.8 Å². The summed E-state index contributed by atoms with van der Waals surface area (Å²) in [6.45, 7) is 2.63. The Labute approximate surface area is 156 Å². The molecule has 134 valence electrons. The molecular formula is C21H21NO3S. The molecule has 1 aliphatic heterocycles. The first-order valence-electron chi connectivity index (χ1n) is 8.95. The number of aromatic hydroxyl groups is 1. The van der Waals surface area contributed by atoms with Gasteiger partial charge in [0.15, 0.2) is 0 Å². The lowest BCUT2D eigenvalue weighted by Crippen LogP contribution is -2.29. The highest BCUT2D eigenvalue weighted by atomic mass is 32.2. The van der Waals surface area contributed by atoms with Crippen molar-refractivity contribution in [1.82, 2.24) is 4.90 Å². The molecule has 0 unspecified atom stereocenters. The molecule has 0 amide bonds. The fourth-order valence-corrected chi connectivity index (χ4v) is 4.41. The quantitative estimate of drug-likeness (QED) is 0.681. The first kappa shape index (κ1) is 17.2. The largest absolute Gasteiger partial charge is 0.507 e. The molecule has 26 heavy (non-hydrogen) atoms. The van der Waals surface area contributed by atoms with Crippen molar-refractivity contribution in [3.63, 3.8) is 0 Å². The van der Waals surface area contributed by atoms with Crippen LogP contribution in [0.15, 0.2) is 67.5 Å². The van der Waals surface area contributed by atoms with Gasteiger partial charge in [-0.15, -0.1) is 0 Å². The maximum Gasteiger partial charge on any atom is 0.337 e. The highest BCUT2D eigenvalue weighted by Crippen LogP contribution is 2.36. The molecule has 2 aromatic carbocycles. The van der Waals surface area contributed by atoms with Crippen LogP contribution < -0.4 is 5.63 Å². The fourth-order valence-electron chi connectivity index (χ4n) is 3.44. The number of fused-ring (bicyclic) bond motifs is 1. The van der Waals surface area contributed by atoms with E-state index in [9.17, 15) is 9.90 Å². The lowest BCUT2D eigenvalue weighted by Gasteiger charge is -2.26. The summed E-state index contributed by atoms with van der Waals surface area (Å²) in [5.41, 5.74) is 0.819. The van der Waals surface area contributed by atoms with Gasteiger partial charge in [-0.05, 0) is 50.2 Å². The minimum absolute atomic E-state index is 0.188. The Morgan fingerprint density at radius 3 is 2.58 bits per heavy atom. The highest BCUT2D eigenvalue weighted by Gasteiger charge is 2.18. The molecule has 1 fully saturated rings. The van der Waals surface area contributed by atoms with Gasteiger partial charge < -0.3 is 9.52 Å². The maximum atomic E-state index is 12.2. The summed E-state index contributed by atoms with van der Waals surface area (Å²) in [5.74, 6) is 0.188. The summed E-state index contributed by atoms with van der Waals surface area (Å²) in [5, 5.41) is 11.3. The molecule has 2 heterocycles. The van der Waals surface area contributed by atoms with Gasteiger partial charge >= 0.3 is 5.63 Å². The van der Waals surface area contributed by atoms with E-state index in [1.54, 1.807) is 6.07 Å². The number of hydrogen-bond acceptors (Lipinski definition) is 5. The van der Waals surface area contributed by atoms with Crippen LogP contribution in [0.4, 0.5) is 0 Å². The Morgan fingerprint density at radius 1 is 1.04 bits per heavy atom. The SMILES string of the molecule is O=c1cc(Sc2ccccc2)c2ccc(O)c(CN3CCCCC3)c2o1. The van der Waals surface area contributed by atoms with E-state index in [1.807, 2.05) is 36.4 Å². The Bertz CT molecular complexity index is 962. The van der Waals surface area contributed by atoms with Gasteiger partial charge in [0.2, 0.25) is 0 Å². The van der Waals surface area contributed by atoms with Gasteiger partial charge in [0.1, 0.15) is 11.3 Å². The predicted octanol–water partition coefficient (Wildman–Crippen LogP) is 4.64. The van der Waals surface area contributed by atoms with Crippen LogP contribution >= 0.6 is 11.8 Å². The zero-order valence-corrected chi connectivity index (χ0v) is 15.3. The monoisotopic (exact) mass is 367 g/mol. The van der Waals surface area contributed by atoms with Gasteiger partial charge in [-0.1, -0.05) is 36.4 Å². The van der Waals surface area contributed by atoms with Crippen LogP contribution in [0.25, 0.3) is 11.0 Å². The number of rotatable bonds is 4. The van der Waals surface area contributed by atoms with Gasteiger partial charge in [-0.25, -0.2) is 4.79 Å². The predicted molar refractivity (Wildman–Crippen MR) is 104 cm³/mol. The van der Waals surface area contributed by atoms with Crippen molar-refractivity contribution in [2.75, 3.05) is 13.1 Å². The zero-order chi connectivity index (χ0) is 17.9. The van der Waals surface area contributed by atoms with E-state index < -0.39 is 0 Å². The van der Waals surface area contributed by atoms with Crippen LogP contribution in [-0.2, 0) is 6.54 Å². The number of phenolic OH excluding ortho intramolecular Hbond substituents is 1. The molecule has 1 aromatic heterocycles. The molecule has 4 rings (SSSR count). The standard InChI is InChI=1S/C21H21NO3S/c23-18-10-9-16-19(26-15-7-3-1-4-8-15)13-20(24)25-21(16)17(18)14-22-11-5-2-6-12-22/h1,3-4,7-10,13,23H,2,5-6,11-12,14H2. The third kappa shape index (κ3) is 3.64. The summed E-state index contributed by atoms with van der Waals surface area (Å²) < 4.78 is 5.54. The molecule has 4 nitrogen and oxygen atoms in total. The topological polar surface area (TPSA) is 53.7 Å². The van der Waals surface area contributed by atoms with Crippen LogP contribution in [0.1, 0.15) is 24.8 Å². The summed E-state index contributed by atoms with van der Waals surface area (Å²) in [6.07, 6.45) is 3.60. The average Bonchev–Trinajstić information content (AvgIpc) is 2.66. The van der Waals surface area contributed by atoms with Gasteiger partial charge in [0.25, 0.3) is 0 Å². The molecule has 0 saturated carbocycles. The van der Waals surface area contributed by atoms with E-state index in [4.69, 9.17) is 4.42 Å². The fraction of sp³-hybridized carbons (Fsp3) is 0.286. The van der Waals surface area contributed by atoms with Crippen molar-refractivity contribution >= 4 is 22.7 Å². The molecule has 0 spiro atoms. The molecule has 5 heteroatoms. The lowest BCUT2D eigenvalue weighted by molar-refractivity contribution is 0.218. The van der Waals surface area contributed by atoms with Crippen LogP contribution in [0.2, 0.25) is 0 Å². The summed E-state index contributed by atoms with van der Waals surface area (Å²) in [7, 11) is 0. The molecule has 3 aromatic rings. The van der Waals surface area contributed by atoms with Crippen LogP contribution in [0.5, 0.6) is 5.75 Å². The number of likely N-dealkylation sites (tertiary alicyclic amines) is 1. The Balaban J connectivity index is 1.77. The van der Waals surface area contributed by atoms with Crippen molar-refractivity contribution in [2.24, 2.45) is 0 Å². The smallest absolute Gasteiger partial charge is 0.337 e. The van der Waals surface area contributed by atoms with E-state index in [0.717, 1.165) is 28.3 Å². The zero-order valence-electron chi connectivity index (χ0n) is 14.5. The average molecular weight is 367 g/mol. The molecule has 0 aliphatic carbocycles. The summed E-state index contributed by atoms with van der Waals surface area (Å²) in [6, 6.07) is 15.0. The van der Waals surface area contributed by atoms with Crippen LogP contribution in [0, 0.1) is 0 Å². The van der Waals surface area contributed by atoms with E-state index in [0.29, 0.717) is 17.7 Å². The summed E-state index contributed by atoms with van der Waals surface area (Å²) in [4.78, 5) is 16.4. The number of benzene rings is 2. The van der Waals surface area contributed by atoms with Gasteiger partial charge in [0.05, 0.1) is 5.56 Å². The molecule has 1 aliphatic rings. The Kier molecular flexibility index (Phi) is 5.00. The summed E-state index contributed by atoms with van der Waals surface area (Å²) >= 11 is 1.54. The van der Waals surface area contributed by atoms with E-state index in [-0.39, 0.29) is 11.4 Å². The van der Waals surface area contributed by atoms with Gasteiger partial charge in [-0.2, -0.15) is 0 Å². The molecular weight excluding hydrogens is 346 g/mol. The number of piperidine rings is 1. The van der Waals surface area contributed by atoms with E-state index >= 15 is 0 Å². The molecule has 0 atom stereocenters. The number of nitrogens with zero attached hydrogens (tertiary/aromatic N) is 1. The normalized spacial score (nSPS) is 15.4. The van der Waals surface area contributed by atoms with Crippen molar-refractivity contribution in [3.05, 3.63) is 64.5 Å². The first-order valence-corrected chi connectivity index (χ1v) is 9.76. The Morgan fingerprint density at radius 2 is 1.81 bits per heavy atom. The Hall–Kier alpha value is -2.24. The first-order chi connectivity index (χ1) is 12.7. The lowest BCUT2D eigenvalue weighted by atomic mass is 10.1. The molecule has 0 radical (unpaired) electrons. The van der Waals surface area contributed by atoms with Crippen LogP contribution in [0.3, 0.4) is 0 Å². The number of phenols is 1. The van der Waals surface area contributed by atoms with Gasteiger partial charge in [-0.3, -0.25) is 4.90 Å². The molecule has 0 bridgehead atoms. The van der Waals surface area contributed by atoms with Crippen molar-refractivity contribution in [1.29, 1.82) is 0 Å². The maximum absolute atomic E-state index is 12.2. The minimum Gasteiger partial charge on any atom is -0.507 e. The van der Waals surface area contributed by atoms with Crippen molar-refractivity contribution in [3.8, 4) is 5.75 Å². The second-order valence-corrected chi connectivity index (χ2v) is 7.74. The third-order valence-electron chi connectivity index (χ3n) is 4.75. The minimum atomic E-state index is -0.388. The van der Waals surface area contributed by atoms with E-state index in [2.05, 4.69) is 4.90 Å². The van der Waals surface area contributed by atoms with E-state index in [1.165, 1.54) is 37.1 Å². The number of hydrogen-bond donors (Lipinski definition) is 1. The highest BCUT2D eigenvalue weighted by molar-refractivity contribution is 7.99. The second-order valence-electron chi connectivity index (χ2n) is 6.62. The van der Waals surface area contributed by atoms with Crippen molar-refractivity contribution in [2.45, 2.75) is 35.6 Å². The van der Waals surface area contributed by atoms with Crippen molar-refractivity contribution < 1.29 is 9.52 Å². The van der Waals surface area contributed by atoms with Crippen LogP contribution in [-0.4, -0.2) is 23.1 Å². The third-order valence-corrected chi connectivity index (χ3v) is 5.82. The second kappa shape index (κ2) is 7.56.